The van der Waals surface area contributed by atoms with Gasteiger partial charge in [0.15, 0.2) is 0 Å². The first-order chi connectivity index (χ1) is 11.0. The molecule has 1 fully saturated rings. The summed E-state index contributed by atoms with van der Waals surface area (Å²) >= 11 is 6.02. The van der Waals surface area contributed by atoms with Crippen LogP contribution in [0.25, 0.3) is 11.5 Å². The maximum Gasteiger partial charge on any atom is 0.226 e. The highest BCUT2D eigenvalue weighted by Crippen LogP contribution is 2.25. The molecule has 1 aliphatic heterocycles. The second-order valence-electron chi connectivity index (χ2n) is 5.95. The van der Waals surface area contributed by atoms with E-state index in [4.69, 9.17) is 16.0 Å². The van der Waals surface area contributed by atoms with E-state index in [-0.39, 0.29) is 11.9 Å². The van der Waals surface area contributed by atoms with Gasteiger partial charge in [0.05, 0.1) is 5.69 Å². The zero-order valence-electron chi connectivity index (χ0n) is 13.3. The molecule has 1 aromatic heterocycles. The summed E-state index contributed by atoms with van der Waals surface area (Å²) in [6.07, 6.45) is 0.970. The van der Waals surface area contributed by atoms with Crippen LogP contribution in [0.15, 0.2) is 28.7 Å². The van der Waals surface area contributed by atoms with Gasteiger partial charge in [0.2, 0.25) is 11.8 Å². The molecule has 2 heterocycles. The van der Waals surface area contributed by atoms with E-state index >= 15 is 0 Å². The molecule has 122 valence electrons. The standard InChI is InChI=1S/C17H20ClN3O2/c1-11-16(10-21-7-6-15(9-21)19-12(2)22)20-17(23-11)13-4-3-5-14(18)8-13/h3-5,8,15H,6-7,9-10H2,1-2H3,(H,19,22)/t15-/m1/s1. The Balaban J connectivity index is 1.69. The third-order valence-electron chi connectivity index (χ3n) is 4.02. The predicted octanol–water partition coefficient (Wildman–Crippen LogP) is 3.01. The van der Waals surface area contributed by atoms with Crippen LogP contribution < -0.4 is 5.32 Å². The zero-order valence-corrected chi connectivity index (χ0v) is 14.1. The van der Waals surface area contributed by atoms with Crippen LogP contribution >= 0.6 is 11.6 Å². The van der Waals surface area contributed by atoms with Crippen LogP contribution in [0.1, 0.15) is 24.8 Å². The molecule has 2 aromatic rings. The lowest BCUT2D eigenvalue weighted by Crippen LogP contribution is -2.35. The first-order valence-corrected chi connectivity index (χ1v) is 8.11. The van der Waals surface area contributed by atoms with Crippen LogP contribution in [-0.4, -0.2) is 34.9 Å². The smallest absolute Gasteiger partial charge is 0.226 e. The van der Waals surface area contributed by atoms with Gasteiger partial charge in [0.1, 0.15) is 5.76 Å². The summed E-state index contributed by atoms with van der Waals surface area (Å²) in [5.41, 5.74) is 1.81. The third kappa shape index (κ3) is 3.92. The van der Waals surface area contributed by atoms with Crippen molar-refractivity contribution in [3.05, 3.63) is 40.7 Å². The molecule has 0 saturated carbocycles. The minimum Gasteiger partial charge on any atom is -0.441 e. The van der Waals surface area contributed by atoms with Gasteiger partial charge in [-0.1, -0.05) is 17.7 Å². The van der Waals surface area contributed by atoms with Crippen molar-refractivity contribution in [2.45, 2.75) is 32.9 Å². The molecule has 5 nitrogen and oxygen atoms in total. The Morgan fingerprint density at radius 1 is 1.52 bits per heavy atom. The van der Waals surface area contributed by atoms with Crippen LogP contribution in [0.2, 0.25) is 5.02 Å². The number of nitrogens with one attached hydrogen (secondary N) is 1. The van der Waals surface area contributed by atoms with Crippen molar-refractivity contribution < 1.29 is 9.21 Å². The number of oxazole rings is 1. The van der Waals surface area contributed by atoms with Gasteiger partial charge in [0, 0.05) is 43.2 Å². The van der Waals surface area contributed by atoms with Crippen LogP contribution in [0, 0.1) is 6.92 Å². The molecule has 1 amide bonds. The molecule has 0 bridgehead atoms. The zero-order chi connectivity index (χ0) is 16.4. The van der Waals surface area contributed by atoms with Crippen LogP contribution in [0.5, 0.6) is 0 Å². The fourth-order valence-electron chi connectivity index (χ4n) is 2.91. The van der Waals surface area contributed by atoms with Crippen molar-refractivity contribution in [1.82, 2.24) is 15.2 Å². The van der Waals surface area contributed by atoms with Crippen LogP contribution in [0.4, 0.5) is 0 Å². The van der Waals surface area contributed by atoms with Gasteiger partial charge < -0.3 is 9.73 Å². The van der Waals surface area contributed by atoms with Crippen LogP contribution in [-0.2, 0) is 11.3 Å². The molecule has 1 aliphatic rings. The molecule has 1 saturated heterocycles. The van der Waals surface area contributed by atoms with Crippen molar-refractivity contribution in [1.29, 1.82) is 0 Å². The molecule has 1 aromatic carbocycles. The predicted molar refractivity (Wildman–Crippen MR) is 89.2 cm³/mol. The van der Waals surface area contributed by atoms with Crippen molar-refractivity contribution in [2.24, 2.45) is 0 Å². The maximum absolute atomic E-state index is 11.1. The van der Waals surface area contributed by atoms with Crippen molar-refractivity contribution in [2.75, 3.05) is 13.1 Å². The number of rotatable bonds is 4. The largest absolute Gasteiger partial charge is 0.441 e. The van der Waals surface area contributed by atoms with Gasteiger partial charge in [-0.3, -0.25) is 9.69 Å². The van der Waals surface area contributed by atoms with E-state index in [0.29, 0.717) is 10.9 Å². The highest BCUT2D eigenvalue weighted by molar-refractivity contribution is 6.30. The Morgan fingerprint density at radius 2 is 2.35 bits per heavy atom. The fourth-order valence-corrected chi connectivity index (χ4v) is 3.10. The number of aromatic nitrogens is 1. The number of amides is 1. The Hall–Kier alpha value is -1.85. The molecule has 6 heteroatoms. The molecule has 0 spiro atoms. The lowest BCUT2D eigenvalue weighted by Gasteiger charge is -2.15. The summed E-state index contributed by atoms with van der Waals surface area (Å²) in [5.74, 6) is 1.44. The second kappa shape index (κ2) is 6.72. The SMILES string of the molecule is CC(=O)N[C@@H]1CCN(Cc2nc(-c3cccc(Cl)c3)oc2C)C1. The molecule has 0 radical (unpaired) electrons. The number of carbonyl (C=O) groups excluding carboxylic acids is 1. The molecular formula is C17H20ClN3O2. The average molecular weight is 334 g/mol. The van der Waals surface area contributed by atoms with Gasteiger partial charge >= 0.3 is 0 Å². The lowest BCUT2D eigenvalue weighted by atomic mass is 10.2. The summed E-state index contributed by atoms with van der Waals surface area (Å²) in [4.78, 5) is 18.0. The molecule has 1 atom stereocenters. The minimum atomic E-state index is 0.0257. The van der Waals surface area contributed by atoms with Gasteiger partial charge in [-0.15, -0.1) is 0 Å². The number of carbonyl (C=O) groups is 1. The summed E-state index contributed by atoms with van der Waals surface area (Å²) in [5, 5.41) is 3.63. The van der Waals surface area contributed by atoms with E-state index in [9.17, 15) is 4.79 Å². The minimum absolute atomic E-state index is 0.0257. The first-order valence-electron chi connectivity index (χ1n) is 7.73. The van der Waals surface area contributed by atoms with Crippen LogP contribution in [0.3, 0.4) is 0 Å². The molecule has 3 rings (SSSR count). The summed E-state index contributed by atoms with van der Waals surface area (Å²) in [7, 11) is 0. The topological polar surface area (TPSA) is 58.4 Å². The average Bonchev–Trinajstić information content (AvgIpc) is 3.06. The molecule has 23 heavy (non-hydrogen) atoms. The Kier molecular flexibility index (Phi) is 4.68. The van der Waals surface area contributed by atoms with E-state index in [1.807, 2.05) is 31.2 Å². The Bertz CT molecular complexity index is 714. The quantitative estimate of drug-likeness (QED) is 0.934. The highest BCUT2D eigenvalue weighted by atomic mass is 35.5. The molecule has 0 aliphatic carbocycles. The summed E-state index contributed by atoms with van der Waals surface area (Å²) in [6, 6.07) is 7.72. The molecule has 1 N–H and O–H groups in total. The number of likely N-dealkylation sites (tertiary alicyclic amines) is 1. The number of halogens is 1. The van der Waals surface area contributed by atoms with Crippen molar-refractivity contribution in [3.8, 4) is 11.5 Å². The van der Waals surface area contributed by atoms with Gasteiger partial charge in [0.25, 0.3) is 0 Å². The molecule has 0 unspecified atom stereocenters. The first kappa shape index (κ1) is 16.0. The van der Waals surface area contributed by atoms with Gasteiger partial charge in [-0.2, -0.15) is 0 Å². The fraction of sp³-hybridized carbons (Fsp3) is 0.412. The van der Waals surface area contributed by atoms with E-state index in [0.717, 1.165) is 43.1 Å². The normalized spacial score (nSPS) is 18.3. The number of hydrogen-bond acceptors (Lipinski definition) is 4. The van der Waals surface area contributed by atoms with E-state index in [1.54, 1.807) is 6.92 Å². The van der Waals surface area contributed by atoms with E-state index < -0.39 is 0 Å². The van der Waals surface area contributed by atoms with Crippen molar-refractivity contribution in [3.63, 3.8) is 0 Å². The van der Waals surface area contributed by atoms with E-state index in [2.05, 4.69) is 15.2 Å². The molecular weight excluding hydrogens is 314 g/mol. The third-order valence-corrected chi connectivity index (χ3v) is 4.25. The summed E-state index contributed by atoms with van der Waals surface area (Å²) in [6.45, 7) is 6.01. The lowest BCUT2D eigenvalue weighted by molar-refractivity contribution is -0.119. The van der Waals surface area contributed by atoms with Gasteiger partial charge in [-0.05, 0) is 31.5 Å². The number of hydrogen-bond donors (Lipinski definition) is 1. The maximum atomic E-state index is 11.1. The van der Waals surface area contributed by atoms with E-state index in [1.165, 1.54) is 0 Å². The number of benzene rings is 1. The summed E-state index contributed by atoms with van der Waals surface area (Å²) < 4.78 is 5.79. The number of aryl methyl sites for hydroxylation is 1. The number of nitrogens with zero attached hydrogens (tertiary/aromatic N) is 2. The van der Waals surface area contributed by atoms with Gasteiger partial charge in [-0.25, -0.2) is 4.98 Å². The highest BCUT2D eigenvalue weighted by Gasteiger charge is 2.24. The Morgan fingerprint density at radius 3 is 3.09 bits per heavy atom. The monoisotopic (exact) mass is 333 g/mol. The second-order valence-corrected chi connectivity index (χ2v) is 6.39. The van der Waals surface area contributed by atoms with Crippen molar-refractivity contribution >= 4 is 17.5 Å². The Labute approximate surface area is 140 Å².